The minimum atomic E-state index is -0.243. The second-order valence-electron chi connectivity index (χ2n) is 11.9. The first kappa shape index (κ1) is 29.5. The summed E-state index contributed by atoms with van der Waals surface area (Å²) >= 11 is 0. The molecule has 0 radical (unpaired) electrons. The van der Waals surface area contributed by atoms with E-state index in [-0.39, 0.29) is 70.2 Å². The van der Waals surface area contributed by atoms with Crippen LogP contribution in [0.15, 0.2) is 15.0 Å². The lowest BCUT2D eigenvalue weighted by molar-refractivity contribution is 0.385. The summed E-state index contributed by atoms with van der Waals surface area (Å²) in [5, 5.41) is 34.6. The third-order valence-corrected chi connectivity index (χ3v) is 8.93. The number of rotatable bonds is 6. The van der Waals surface area contributed by atoms with Crippen molar-refractivity contribution in [3.63, 3.8) is 0 Å². The van der Waals surface area contributed by atoms with E-state index < -0.39 is 0 Å². The Labute approximate surface area is 232 Å². The van der Waals surface area contributed by atoms with Crippen molar-refractivity contribution >= 4 is 17.1 Å². The quantitative estimate of drug-likeness (QED) is 0.297. The van der Waals surface area contributed by atoms with Gasteiger partial charge in [-0.3, -0.25) is 15.0 Å². The highest BCUT2D eigenvalue weighted by atomic mass is 16.3. The second kappa shape index (κ2) is 12.8. The van der Waals surface area contributed by atoms with Gasteiger partial charge in [-0.15, -0.1) is 0 Å². The van der Waals surface area contributed by atoms with Crippen LogP contribution in [0, 0.1) is 0 Å². The normalized spacial score (nSPS) is 31.4. The third kappa shape index (κ3) is 6.47. The van der Waals surface area contributed by atoms with Crippen LogP contribution in [-0.2, 0) is 0 Å². The van der Waals surface area contributed by atoms with Gasteiger partial charge < -0.3 is 32.5 Å². The van der Waals surface area contributed by atoms with E-state index in [1.165, 1.54) is 0 Å². The largest absolute Gasteiger partial charge is 0.506 e. The van der Waals surface area contributed by atoms with Crippen LogP contribution in [0.4, 0.5) is 0 Å². The number of phenolic OH excluding ortho intramolecular Hbond substituents is 3. The monoisotopic (exact) mass is 540 g/mol. The van der Waals surface area contributed by atoms with Crippen LogP contribution in [0.1, 0.15) is 115 Å². The molecule has 9 nitrogen and oxygen atoms in total. The molecule has 9 N–H and O–H groups in total. The number of nitrogens with two attached hydrogens (primary N) is 3. The number of aromatic hydroxyl groups is 3. The molecule has 0 amide bonds. The maximum atomic E-state index is 11.5. The topological polar surface area (TPSA) is 176 Å². The molecule has 0 aromatic heterocycles. The zero-order chi connectivity index (χ0) is 28.3. The molecule has 0 bridgehead atoms. The number of nitrogens with zero attached hydrogens (tertiary/aromatic N) is 3. The third-order valence-electron chi connectivity index (χ3n) is 8.93. The first-order valence-electron chi connectivity index (χ1n) is 14.8. The molecule has 3 fully saturated rings. The molecule has 39 heavy (non-hydrogen) atoms. The fraction of sp³-hybridized carbons (Fsp3) is 0.700. The molecule has 3 aliphatic rings. The van der Waals surface area contributed by atoms with Crippen LogP contribution in [0.3, 0.4) is 0 Å². The average molecular weight is 541 g/mol. The van der Waals surface area contributed by atoms with Crippen LogP contribution < -0.4 is 17.2 Å². The molecule has 4 rings (SSSR count). The van der Waals surface area contributed by atoms with Crippen molar-refractivity contribution in [1.82, 2.24) is 0 Å². The second-order valence-corrected chi connectivity index (χ2v) is 11.9. The average Bonchev–Trinajstić information content (AvgIpc) is 2.88. The summed E-state index contributed by atoms with van der Waals surface area (Å²) in [6.45, 7) is 5.31. The molecule has 1 aromatic rings. The molecule has 0 heterocycles. The van der Waals surface area contributed by atoms with Crippen molar-refractivity contribution < 1.29 is 15.3 Å². The molecule has 3 aliphatic carbocycles. The minimum absolute atomic E-state index is 0.0683. The van der Waals surface area contributed by atoms with Gasteiger partial charge in [0.15, 0.2) is 0 Å². The van der Waals surface area contributed by atoms with Crippen molar-refractivity contribution in [3.05, 3.63) is 16.7 Å². The molecule has 0 aliphatic heterocycles. The van der Waals surface area contributed by atoms with Gasteiger partial charge in [-0.05, 0) is 59.3 Å². The summed E-state index contributed by atoms with van der Waals surface area (Å²) in [6, 6.07) is -0.488. The van der Waals surface area contributed by atoms with Crippen LogP contribution in [0.2, 0.25) is 0 Å². The van der Waals surface area contributed by atoms with Gasteiger partial charge in [-0.25, -0.2) is 0 Å². The van der Waals surface area contributed by atoms with E-state index in [0.717, 1.165) is 77.0 Å². The smallest absolute Gasteiger partial charge is 0.141 e. The molecule has 0 saturated heterocycles. The van der Waals surface area contributed by atoms with Gasteiger partial charge in [0.05, 0.1) is 34.8 Å². The van der Waals surface area contributed by atoms with Crippen LogP contribution in [0.25, 0.3) is 0 Å². The standard InChI is InChI=1S/C30H48N6O3/c1-16(34-22-13-7-4-10-19(22)31)25-28(37)26(17(2)35-23-14-8-5-11-20(23)32)30(39)27(29(25)38)18(3)36-24-15-9-6-12-21(24)33/h19-24,37-39H,4-15,31-33H2,1-3H3/t19-,20-,21-,22-,23-,24-/m0/s1. The summed E-state index contributed by atoms with van der Waals surface area (Å²) in [5.74, 6) is -0.730. The lowest BCUT2D eigenvalue weighted by Crippen LogP contribution is -2.37. The summed E-state index contributed by atoms with van der Waals surface area (Å²) in [4.78, 5) is 14.6. The highest BCUT2D eigenvalue weighted by Gasteiger charge is 2.31. The van der Waals surface area contributed by atoms with Gasteiger partial charge in [-0.2, -0.15) is 0 Å². The Morgan fingerprint density at radius 2 is 0.718 bits per heavy atom. The molecule has 6 atom stereocenters. The Morgan fingerprint density at radius 1 is 0.487 bits per heavy atom. The predicted octanol–water partition coefficient (Wildman–Crippen LogP) is 4.04. The molecule has 0 spiro atoms. The Balaban J connectivity index is 1.86. The zero-order valence-corrected chi connectivity index (χ0v) is 23.9. The Bertz CT molecular complexity index is 971. The van der Waals surface area contributed by atoms with Gasteiger partial charge in [0.2, 0.25) is 0 Å². The molecular formula is C30H48N6O3. The zero-order valence-electron chi connectivity index (χ0n) is 23.9. The van der Waals surface area contributed by atoms with E-state index in [9.17, 15) is 15.3 Å². The van der Waals surface area contributed by atoms with E-state index in [0.29, 0.717) is 17.1 Å². The Hall–Kier alpha value is -2.49. The van der Waals surface area contributed by atoms with Crippen LogP contribution in [-0.4, -0.2) is 68.7 Å². The van der Waals surface area contributed by atoms with Crippen molar-refractivity contribution in [3.8, 4) is 17.2 Å². The van der Waals surface area contributed by atoms with Gasteiger partial charge in [0.25, 0.3) is 0 Å². The molecule has 0 unspecified atom stereocenters. The maximum Gasteiger partial charge on any atom is 0.141 e. The molecule has 1 aromatic carbocycles. The van der Waals surface area contributed by atoms with Crippen molar-refractivity contribution in [2.24, 2.45) is 32.2 Å². The van der Waals surface area contributed by atoms with Crippen molar-refractivity contribution in [2.75, 3.05) is 0 Å². The van der Waals surface area contributed by atoms with Crippen molar-refractivity contribution in [1.29, 1.82) is 0 Å². The fourth-order valence-corrected chi connectivity index (χ4v) is 6.58. The molecule has 3 saturated carbocycles. The van der Waals surface area contributed by atoms with E-state index in [1.54, 1.807) is 20.8 Å². The number of aliphatic imine (C=N–C) groups is 3. The molecular weight excluding hydrogens is 492 g/mol. The SMILES string of the molecule is CC(=N[C@H]1CCCC[C@@H]1N)c1c(O)c(C(C)=N[C@H]2CCCC[C@@H]2N)c(O)c(C(C)=N[C@H]2CCCC[C@@H]2N)c1O. The Kier molecular flexibility index (Phi) is 9.67. The predicted molar refractivity (Wildman–Crippen MR) is 159 cm³/mol. The van der Waals surface area contributed by atoms with E-state index in [2.05, 4.69) is 0 Å². The van der Waals surface area contributed by atoms with Gasteiger partial charge in [-0.1, -0.05) is 38.5 Å². The fourth-order valence-electron chi connectivity index (χ4n) is 6.58. The van der Waals surface area contributed by atoms with Gasteiger partial charge in [0, 0.05) is 35.3 Å². The first-order chi connectivity index (χ1) is 18.6. The highest BCUT2D eigenvalue weighted by molar-refractivity contribution is 6.16. The maximum absolute atomic E-state index is 11.5. The van der Waals surface area contributed by atoms with Crippen LogP contribution in [0.5, 0.6) is 17.2 Å². The van der Waals surface area contributed by atoms with Crippen molar-refractivity contribution in [2.45, 2.75) is 134 Å². The van der Waals surface area contributed by atoms with E-state index in [1.807, 2.05) is 0 Å². The number of phenols is 3. The van der Waals surface area contributed by atoms with Gasteiger partial charge >= 0.3 is 0 Å². The lowest BCUT2D eigenvalue weighted by Gasteiger charge is -2.28. The highest BCUT2D eigenvalue weighted by Crippen LogP contribution is 2.44. The van der Waals surface area contributed by atoms with E-state index in [4.69, 9.17) is 32.2 Å². The summed E-state index contributed by atoms with van der Waals surface area (Å²) in [7, 11) is 0. The summed E-state index contributed by atoms with van der Waals surface area (Å²) < 4.78 is 0. The summed E-state index contributed by atoms with van der Waals surface area (Å²) in [6.07, 6.45) is 11.6. The number of benzene rings is 1. The van der Waals surface area contributed by atoms with Crippen LogP contribution >= 0.6 is 0 Å². The van der Waals surface area contributed by atoms with E-state index >= 15 is 0 Å². The Morgan fingerprint density at radius 3 is 0.949 bits per heavy atom. The molecule has 216 valence electrons. The minimum Gasteiger partial charge on any atom is -0.506 e. The van der Waals surface area contributed by atoms with Gasteiger partial charge in [0.1, 0.15) is 17.2 Å². The number of hydrogen-bond acceptors (Lipinski definition) is 9. The first-order valence-corrected chi connectivity index (χ1v) is 14.8. The molecule has 9 heteroatoms. The lowest BCUT2D eigenvalue weighted by atomic mass is 9.89. The number of hydrogen-bond donors (Lipinski definition) is 6. The summed E-state index contributed by atoms with van der Waals surface area (Å²) in [5.41, 5.74) is 21.0.